The Hall–Kier alpha value is -1.57. The molecule has 1 rings (SSSR count). The predicted octanol–water partition coefficient (Wildman–Crippen LogP) is -0.0780. The van der Waals surface area contributed by atoms with Gasteiger partial charge in [0, 0.05) is 18.4 Å². The summed E-state index contributed by atoms with van der Waals surface area (Å²) in [6.45, 7) is -0.847. The van der Waals surface area contributed by atoms with Crippen molar-refractivity contribution >= 4 is 5.91 Å². The first-order valence-electron chi connectivity index (χ1n) is 4.37. The Balaban J connectivity index is 3.05. The van der Waals surface area contributed by atoms with Crippen LogP contribution in [0.5, 0.6) is 0 Å². The summed E-state index contributed by atoms with van der Waals surface area (Å²) in [6, 6.07) is 0. The molecule has 5 nitrogen and oxygen atoms in total. The maximum atomic E-state index is 12.4. The standard InChI is InChI=1S/C8H10F3N3O2/c9-8(10,11)7-5(1-2-15)3-14(13-7)4-6(12)16/h3,15H,1-2,4H2,(H2,12,16). The fourth-order valence-electron chi connectivity index (χ4n) is 1.25. The van der Waals surface area contributed by atoms with Crippen LogP contribution in [0, 0.1) is 0 Å². The number of carbonyl (C=O) groups is 1. The zero-order chi connectivity index (χ0) is 12.3. The lowest BCUT2D eigenvalue weighted by Crippen LogP contribution is -2.19. The quantitative estimate of drug-likeness (QED) is 0.768. The second-order valence-corrected chi connectivity index (χ2v) is 3.14. The molecular formula is C8H10F3N3O2. The third-order valence-electron chi connectivity index (χ3n) is 1.80. The molecule has 0 bridgehead atoms. The number of rotatable bonds is 4. The topological polar surface area (TPSA) is 81.1 Å². The van der Waals surface area contributed by atoms with Gasteiger partial charge in [-0.25, -0.2) is 0 Å². The van der Waals surface area contributed by atoms with Crippen LogP contribution in [0.25, 0.3) is 0 Å². The monoisotopic (exact) mass is 237 g/mol. The summed E-state index contributed by atoms with van der Waals surface area (Å²) in [6.07, 6.45) is -3.72. The van der Waals surface area contributed by atoms with Gasteiger partial charge in [-0.2, -0.15) is 18.3 Å². The molecule has 0 saturated carbocycles. The van der Waals surface area contributed by atoms with Gasteiger partial charge >= 0.3 is 6.18 Å². The van der Waals surface area contributed by atoms with Gasteiger partial charge in [0.25, 0.3) is 0 Å². The molecule has 1 aromatic rings. The Bertz CT molecular complexity index is 386. The minimum Gasteiger partial charge on any atom is -0.396 e. The minimum atomic E-state index is -4.60. The molecule has 1 amide bonds. The number of hydrogen-bond acceptors (Lipinski definition) is 3. The van der Waals surface area contributed by atoms with Crippen LogP contribution in [0.4, 0.5) is 13.2 Å². The molecule has 8 heteroatoms. The number of aliphatic hydroxyl groups excluding tert-OH is 1. The third kappa shape index (κ3) is 2.96. The number of halogens is 3. The van der Waals surface area contributed by atoms with E-state index in [1.807, 2.05) is 0 Å². The first-order valence-corrected chi connectivity index (χ1v) is 4.37. The molecule has 0 radical (unpaired) electrons. The number of carbonyl (C=O) groups excluding carboxylic acids is 1. The summed E-state index contributed by atoms with van der Waals surface area (Å²) >= 11 is 0. The average Bonchev–Trinajstić information content (AvgIpc) is 2.46. The van der Waals surface area contributed by atoms with Crippen LogP contribution in [0.1, 0.15) is 11.3 Å². The van der Waals surface area contributed by atoms with E-state index in [0.717, 1.165) is 10.9 Å². The molecule has 1 heterocycles. The van der Waals surface area contributed by atoms with Gasteiger partial charge < -0.3 is 10.8 Å². The number of aromatic nitrogens is 2. The van der Waals surface area contributed by atoms with Gasteiger partial charge in [0.05, 0.1) is 0 Å². The van der Waals surface area contributed by atoms with Crippen LogP contribution in [-0.2, 0) is 23.9 Å². The Morgan fingerprint density at radius 3 is 2.62 bits per heavy atom. The smallest absolute Gasteiger partial charge is 0.396 e. The van der Waals surface area contributed by atoms with Crippen molar-refractivity contribution in [3.05, 3.63) is 17.5 Å². The van der Waals surface area contributed by atoms with Crippen molar-refractivity contribution in [3.63, 3.8) is 0 Å². The molecule has 3 N–H and O–H groups in total. The highest BCUT2D eigenvalue weighted by Crippen LogP contribution is 2.30. The predicted molar refractivity (Wildman–Crippen MR) is 47.2 cm³/mol. The molecule has 1 aromatic heterocycles. The lowest BCUT2D eigenvalue weighted by Gasteiger charge is -2.04. The fourth-order valence-corrected chi connectivity index (χ4v) is 1.25. The van der Waals surface area contributed by atoms with Gasteiger partial charge in [-0.3, -0.25) is 9.48 Å². The molecule has 16 heavy (non-hydrogen) atoms. The largest absolute Gasteiger partial charge is 0.435 e. The Labute approximate surface area is 88.7 Å². The van der Waals surface area contributed by atoms with E-state index in [4.69, 9.17) is 10.8 Å². The van der Waals surface area contributed by atoms with Crippen molar-refractivity contribution in [2.24, 2.45) is 5.73 Å². The summed E-state index contributed by atoms with van der Waals surface area (Å²) in [7, 11) is 0. The Morgan fingerprint density at radius 2 is 2.19 bits per heavy atom. The normalized spacial score (nSPS) is 11.8. The molecular weight excluding hydrogens is 227 g/mol. The van der Waals surface area contributed by atoms with Gasteiger partial charge in [-0.15, -0.1) is 0 Å². The van der Waals surface area contributed by atoms with E-state index in [0.29, 0.717) is 0 Å². The van der Waals surface area contributed by atoms with E-state index < -0.39 is 30.9 Å². The first kappa shape index (κ1) is 12.5. The van der Waals surface area contributed by atoms with Gasteiger partial charge in [-0.05, 0) is 6.42 Å². The van der Waals surface area contributed by atoms with E-state index in [-0.39, 0.29) is 12.0 Å². The summed E-state index contributed by atoms with van der Waals surface area (Å²) < 4.78 is 38.2. The number of amides is 1. The van der Waals surface area contributed by atoms with Crippen molar-refractivity contribution < 1.29 is 23.1 Å². The summed E-state index contributed by atoms with van der Waals surface area (Å²) in [5.41, 5.74) is 3.59. The molecule has 0 aliphatic rings. The van der Waals surface area contributed by atoms with Crippen LogP contribution in [0.2, 0.25) is 0 Å². The Morgan fingerprint density at radius 1 is 1.56 bits per heavy atom. The summed E-state index contributed by atoms with van der Waals surface area (Å²) in [4.78, 5) is 10.5. The van der Waals surface area contributed by atoms with Gasteiger partial charge in [-0.1, -0.05) is 0 Å². The number of alkyl halides is 3. The first-order chi connectivity index (χ1) is 7.34. The SMILES string of the molecule is NC(=O)Cn1cc(CCO)c(C(F)(F)F)n1. The number of nitrogens with zero attached hydrogens (tertiary/aromatic N) is 2. The third-order valence-corrected chi connectivity index (χ3v) is 1.80. The zero-order valence-corrected chi connectivity index (χ0v) is 8.16. The van der Waals surface area contributed by atoms with Crippen molar-refractivity contribution in [2.45, 2.75) is 19.1 Å². The highest BCUT2D eigenvalue weighted by atomic mass is 19.4. The van der Waals surface area contributed by atoms with Gasteiger partial charge in [0.15, 0.2) is 5.69 Å². The van der Waals surface area contributed by atoms with E-state index in [2.05, 4.69) is 5.10 Å². The molecule has 0 aliphatic heterocycles. The highest BCUT2D eigenvalue weighted by molar-refractivity contribution is 5.73. The molecule has 0 aliphatic carbocycles. The van der Waals surface area contributed by atoms with E-state index >= 15 is 0 Å². The molecule has 0 fully saturated rings. The number of aliphatic hydroxyl groups is 1. The summed E-state index contributed by atoms with van der Waals surface area (Å²) in [5, 5.41) is 11.8. The van der Waals surface area contributed by atoms with Crippen molar-refractivity contribution in [1.82, 2.24) is 9.78 Å². The second-order valence-electron chi connectivity index (χ2n) is 3.14. The van der Waals surface area contributed by atoms with Crippen LogP contribution >= 0.6 is 0 Å². The minimum absolute atomic E-state index is 0.156. The number of hydrogen-bond donors (Lipinski definition) is 2. The van der Waals surface area contributed by atoms with Crippen LogP contribution in [-0.4, -0.2) is 27.4 Å². The summed E-state index contributed by atoms with van der Waals surface area (Å²) in [5.74, 6) is -0.785. The highest BCUT2D eigenvalue weighted by Gasteiger charge is 2.36. The van der Waals surface area contributed by atoms with Crippen molar-refractivity contribution in [1.29, 1.82) is 0 Å². The molecule has 0 atom stereocenters. The molecule has 0 saturated heterocycles. The van der Waals surface area contributed by atoms with Crippen LogP contribution in [0.15, 0.2) is 6.20 Å². The molecule has 0 aromatic carbocycles. The van der Waals surface area contributed by atoms with Crippen LogP contribution < -0.4 is 5.73 Å². The number of primary amides is 1. The van der Waals surface area contributed by atoms with E-state index in [9.17, 15) is 18.0 Å². The second kappa shape index (κ2) is 4.52. The van der Waals surface area contributed by atoms with Crippen LogP contribution in [0.3, 0.4) is 0 Å². The maximum Gasteiger partial charge on any atom is 0.435 e. The molecule has 0 spiro atoms. The molecule has 0 unspecified atom stereocenters. The molecule has 90 valence electrons. The zero-order valence-electron chi connectivity index (χ0n) is 8.16. The van der Waals surface area contributed by atoms with Crippen molar-refractivity contribution in [2.75, 3.05) is 6.61 Å². The van der Waals surface area contributed by atoms with Crippen molar-refractivity contribution in [3.8, 4) is 0 Å². The lowest BCUT2D eigenvalue weighted by molar-refractivity contribution is -0.142. The number of nitrogens with two attached hydrogens (primary N) is 1. The maximum absolute atomic E-state index is 12.4. The fraction of sp³-hybridized carbons (Fsp3) is 0.500. The lowest BCUT2D eigenvalue weighted by atomic mass is 10.2. The van der Waals surface area contributed by atoms with Gasteiger partial charge in [0.1, 0.15) is 6.54 Å². The van der Waals surface area contributed by atoms with E-state index in [1.54, 1.807) is 0 Å². The average molecular weight is 237 g/mol. The van der Waals surface area contributed by atoms with E-state index in [1.165, 1.54) is 0 Å². The Kier molecular flexibility index (Phi) is 3.53. The van der Waals surface area contributed by atoms with Gasteiger partial charge in [0.2, 0.25) is 5.91 Å².